The van der Waals surface area contributed by atoms with E-state index in [9.17, 15) is 9.90 Å². The lowest BCUT2D eigenvalue weighted by Crippen LogP contribution is -2.50. The molecular formula is C20H25N3O2. The fraction of sp³-hybridized carbons (Fsp3) is 0.400. The average Bonchev–Trinajstić information content (AvgIpc) is 2.60. The zero-order valence-electron chi connectivity index (χ0n) is 14.5. The fourth-order valence-electron chi connectivity index (χ4n) is 2.99. The Morgan fingerprint density at radius 3 is 2.60 bits per heavy atom. The van der Waals surface area contributed by atoms with Crippen LogP contribution in [0.3, 0.4) is 0 Å². The number of nitrogens with zero attached hydrogens (tertiary/aromatic N) is 1. The van der Waals surface area contributed by atoms with Gasteiger partial charge in [0.15, 0.2) is 0 Å². The standard InChI is InChI=1S/C20H25N3O2/c1-15-6-8-16(9-7-15)13-18(17-5-2-3-12-21-17)23-19(24)22-14-20(25)10-4-11-20/h2-3,5-9,12,18,25H,4,10-11,13-14H2,1H3,(H2,22,23,24)/t18-/m0/s1. The lowest BCUT2D eigenvalue weighted by atomic mass is 9.80. The van der Waals surface area contributed by atoms with Crippen LogP contribution in [0.25, 0.3) is 0 Å². The van der Waals surface area contributed by atoms with Crippen LogP contribution in [-0.4, -0.2) is 28.3 Å². The van der Waals surface area contributed by atoms with Gasteiger partial charge < -0.3 is 15.7 Å². The molecule has 1 aromatic heterocycles. The third-order valence-corrected chi connectivity index (χ3v) is 4.77. The van der Waals surface area contributed by atoms with Crippen LogP contribution in [0.1, 0.15) is 42.1 Å². The summed E-state index contributed by atoms with van der Waals surface area (Å²) >= 11 is 0. The highest BCUT2D eigenvalue weighted by molar-refractivity contribution is 5.74. The molecule has 1 aliphatic carbocycles. The summed E-state index contributed by atoms with van der Waals surface area (Å²) in [6.07, 6.45) is 4.91. The number of aryl methyl sites for hydroxylation is 1. The topological polar surface area (TPSA) is 74.2 Å². The van der Waals surface area contributed by atoms with Crippen molar-refractivity contribution in [1.29, 1.82) is 0 Å². The van der Waals surface area contributed by atoms with Crippen LogP contribution in [-0.2, 0) is 6.42 Å². The first-order valence-corrected chi connectivity index (χ1v) is 8.77. The number of hydrogen-bond donors (Lipinski definition) is 3. The number of aliphatic hydroxyl groups is 1. The number of hydrogen-bond acceptors (Lipinski definition) is 3. The minimum Gasteiger partial charge on any atom is -0.388 e. The molecule has 0 radical (unpaired) electrons. The summed E-state index contributed by atoms with van der Waals surface area (Å²) in [6, 6.07) is 13.5. The van der Waals surface area contributed by atoms with Crippen molar-refractivity contribution in [3.63, 3.8) is 0 Å². The maximum Gasteiger partial charge on any atom is 0.315 e. The van der Waals surface area contributed by atoms with Crippen LogP contribution in [0.15, 0.2) is 48.7 Å². The molecule has 5 heteroatoms. The van der Waals surface area contributed by atoms with E-state index in [1.54, 1.807) is 6.20 Å². The van der Waals surface area contributed by atoms with Gasteiger partial charge in [-0.2, -0.15) is 0 Å². The molecule has 1 aliphatic rings. The van der Waals surface area contributed by atoms with Gasteiger partial charge in [0.2, 0.25) is 0 Å². The predicted octanol–water partition coefficient (Wildman–Crippen LogP) is 2.89. The molecule has 0 unspecified atom stereocenters. The van der Waals surface area contributed by atoms with Crippen molar-refractivity contribution in [2.45, 2.75) is 44.2 Å². The molecular weight excluding hydrogens is 314 g/mol. The normalized spacial score (nSPS) is 16.6. The number of pyridine rings is 1. The molecule has 5 nitrogen and oxygen atoms in total. The Morgan fingerprint density at radius 1 is 1.24 bits per heavy atom. The van der Waals surface area contributed by atoms with Crippen LogP contribution in [0.2, 0.25) is 0 Å². The second-order valence-corrected chi connectivity index (χ2v) is 6.90. The Kier molecular flexibility index (Phi) is 5.34. The van der Waals surface area contributed by atoms with Gasteiger partial charge in [-0.15, -0.1) is 0 Å². The lowest BCUT2D eigenvalue weighted by molar-refractivity contribution is -0.0290. The first-order chi connectivity index (χ1) is 12.0. The second kappa shape index (κ2) is 7.66. The van der Waals surface area contributed by atoms with Crippen LogP contribution < -0.4 is 10.6 Å². The molecule has 0 aliphatic heterocycles. The summed E-state index contributed by atoms with van der Waals surface area (Å²) < 4.78 is 0. The monoisotopic (exact) mass is 339 g/mol. The van der Waals surface area contributed by atoms with Crippen LogP contribution >= 0.6 is 0 Å². The highest BCUT2D eigenvalue weighted by Gasteiger charge is 2.34. The van der Waals surface area contributed by atoms with Gasteiger partial charge in [-0.05, 0) is 50.3 Å². The van der Waals surface area contributed by atoms with Crippen molar-refractivity contribution in [2.24, 2.45) is 0 Å². The van der Waals surface area contributed by atoms with E-state index >= 15 is 0 Å². The zero-order valence-corrected chi connectivity index (χ0v) is 14.5. The van der Waals surface area contributed by atoms with Crippen molar-refractivity contribution in [3.8, 4) is 0 Å². The molecule has 0 spiro atoms. The summed E-state index contributed by atoms with van der Waals surface area (Å²) in [7, 11) is 0. The van der Waals surface area contributed by atoms with E-state index in [0.717, 1.165) is 30.5 Å². The van der Waals surface area contributed by atoms with Gasteiger partial charge in [-0.1, -0.05) is 35.9 Å². The predicted molar refractivity (Wildman–Crippen MR) is 97.2 cm³/mol. The average molecular weight is 339 g/mol. The van der Waals surface area contributed by atoms with Gasteiger partial charge in [0.1, 0.15) is 0 Å². The largest absolute Gasteiger partial charge is 0.388 e. The van der Waals surface area contributed by atoms with Gasteiger partial charge in [0.05, 0.1) is 17.3 Å². The molecule has 3 rings (SSSR count). The van der Waals surface area contributed by atoms with E-state index < -0.39 is 5.60 Å². The number of aromatic nitrogens is 1. The van der Waals surface area contributed by atoms with Gasteiger partial charge in [-0.25, -0.2) is 4.79 Å². The molecule has 0 bridgehead atoms. The molecule has 1 aromatic carbocycles. The molecule has 2 aromatic rings. The molecule has 1 heterocycles. The van der Waals surface area contributed by atoms with Crippen molar-refractivity contribution in [2.75, 3.05) is 6.54 Å². The highest BCUT2D eigenvalue weighted by atomic mass is 16.3. The van der Waals surface area contributed by atoms with E-state index in [4.69, 9.17) is 0 Å². The number of rotatable bonds is 6. The third kappa shape index (κ3) is 4.79. The molecule has 2 amide bonds. The van der Waals surface area contributed by atoms with Crippen molar-refractivity contribution >= 4 is 6.03 Å². The van der Waals surface area contributed by atoms with Crippen LogP contribution in [0.4, 0.5) is 4.79 Å². The second-order valence-electron chi connectivity index (χ2n) is 6.90. The Balaban J connectivity index is 1.65. The summed E-state index contributed by atoms with van der Waals surface area (Å²) in [5, 5.41) is 15.9. The minimum absolute atomic E-state index is 0.222. The third-order valence-electron chi connectivity index (χ3n) is 4.77. The number of benzene rings is 1. The van der Waals surface area contributed by atoms with Gasteiger partial charge in [0.25, 0.3) is 0 Å². The Labute approximate surface area is 148 Å². The maximum atomic E-state index is 12.3. The first-order valence-electron chi connectivity index (χ1n) is 8.77. The number of carbonyl (C=O) groups excluding carboxylic acids is 1. The van der Waals surface area contributed by atoms with Crippen molar-refractivity contribution < 1.29 is 9.90 Å². The van der Waals surface area contributed by atoms with Crippen molar-refractivity contribution in [1.82, 2.24) is 15.6 Å². The smallest absolute Gasteiger partial charge is 0.315 e. The summed E-state index contributed by atoms with van der Waals surface area (Å²) in [5.74, 6) is 0. The molecule has 1 saturated carbocycles. The van der Waals surface area contributed by atoms with E-state index in [1.165, 1.54) is 5.56 Å². The van der Waals surface area contributed by atoms with E-state index in [1.807, 2.05) is 18.2 Å². The Bertz CT molecular complexity index is 697. The number of carbonyl (C=O) groups is 1. The molecule has 132 valence electrons. The van der Waals surface area contributed by atoms with Gasteiger partial charge in [0, 0.05) is 12.7 Å². The first kappa shape index (κ1) is 17.4. The molecule has 1 atom stereocenters. The minimum atomic E-state index is -0.727. The van der Waals surface area contributed by atoms with E-state index in [2.05, 4.69) is 46.8 Å². The lowest BCUT2D eigenvalue weighted by Gasteiger charge is -2.36. The van der Waals surface area contributed by atoms with Crippen LogP contribution in [0, 0.1) is 6.92 Å². The number of nitrogens with one attached hydrogen (secondary N) is 2. The molecule has 25 heavy (non-hydrogen) atoms. The maximum absolute atomic E-state index is 12.3. The molecule has 0 saturated heterocycles. The molecule has 1 fully saturated rings. The summed E-state index contributed by atoms with van der Waals surface area (Å²) in [4.78, 5) is 16.7. The highest BCUT2D eigenvalue weighted by Crippen LogP contribution is 2.30. The van der Waals surface area contributed by atoms with E-state index in [0.29, 0.717) is 6.42 Å². The van der Waals surface area contributed by atoms with Crippen LogP contribution in [0.5, 0.6) is 0 Å². The summed E-state index contributed by atoms with van der Waals surface area (Å²) in [5.41, 5.74) is 2.44. The number of urea groups is 1. The zero-order chi connectivity index (χ0) is 17.7. The SMILES string of the molecule is Cc1ccc(C[C@H](NC(=O)NCC2(O)CCC2)c2ccccn2)cc1. The van der Waals surface area contributed by atoms with Gasteiger partial charge in [-0.3, -0.25) is 4.98 Å². The number of amides is 2. The molecule has 3 N–H and O–H groups in total. The Hall–Kier alpha value is -2.40. The summed E-state index contributed by atoms with van der Waals surface area (Å²) in [6.45, 7) is 2.34. The fourth-order valence-corrected chi connectivity index (χ4v) is 2.99. The van der Waals surface area contributed by atoms with E-state index in [-0.39, 0.29) is 18.6 Å². The van der Waals surface area contributed by atoms with Gasteiger partial charge >= 0.3 is 6.03 Å². The van der Waals surface area contributed by atoms with Crippen molar-refractivity contribution in [3.05, 3.63) is 65.5 Å². The Morgan fingerprint density at radius 2 is 2.00 bits per heavy atom. The quantitative estimate of drug-likeness (QED) is 0.757.